The van der Waals surface area contributed by atoms with Gasteiger partial charge in [-0.2, -0.15) is 0 Å². The lowest BCUT2D eigenvalue weighted by Crippen LogP contribution is -2.00. The highest BCUT2D eigenvalue weighted by Crippen LogP contribution is 2.37. The number of hydrogen-bond donors (Lipinski definition) is 2. The smallest absolute Gasteiger partial charge is 0.277 e. The topological polar surface area (TPSA) is 107 Å². The maximum atomic E-state index is 6.36. The lowest BCUT2D eigenvalue weighted by Gasteiger charge is -2.03. The van der Waals surface area contributed by atoms with Crippen LogP contribution in [0, 0.1) is 0 Å². The van der Waals surface area contributed by atoms with E-state index in [0.29, 0.717) is 28.5 Å². The molecule has 0 fully saturated rings. The van der Waals surface area contributed by atoms with Crippen molar-refractivity contribution in [1.29, 1.82) is 0 Å². The van der Waals surface area contributed by atoms with Crippen molar-refractivity contribution >= 4 is 50.0 Å². The van der Waals surface area contributed by atoms with Gasteiger partial charge in [0.25, 0.3) is 11.1 Å². The molecule has 6 rings (SSSR count). The number of para-hydroxylation sites is 1. The van der Waals surface area contributed by atoms with Gasteiger partial charge in [0.2, 0.25) is 0 Å². The van der Waals surface area contributed by atoms with E-state index in [1.807, 2.05) is 30.5 Å². The third-order valence-electron chi connectivity index (χ3n) is 5.69. The Morgan fingerprint density at radius 1 is 1.10 bits per heavy atom. The summed E-state index contributed by atoms with van der Waals surface area (Å²) in [6.45, 7) is 0. The van der Waals surface area contributed by atoms with Gasteiger partial charge in [0.1, 0.15) is 16.5 Å². The lowest BCUT2D eigenvalue weighted by atomic mass is 10.1. The molecule has 1 aliphatic carbocycles. The van der Waals surface area contributed by atoms with Gasteiger partial charge in [-0.05, 0) is 37.3 Å². The van der Waals surface area contributed by atoms with Crippen molar-refractivity contribution in [3.8, 4) is 11.5 Å². The van der Waals surface area contributed by atoms with E-state index in [-0.39, 0.29) is 0 Å². The third kappa shape index (κ3) is 3.37. The minimum atomic E-state index is 0.490. The molecule has 9 heteroatoms. The molecule has 1 aromatic carbocycles. The highest BCUT2D eigenvalue weighted by Gasteiger charge is 2.20. The molecule has 7 nitrogen and oxygen atoms in total. The van der Waals surface area contributed by atoms with E-state index in [0.717, 1.165) is 39.5 Å². The normalized spacial score (nSPS) is 14.2. The number of rotatable bonds is 4. The predicted molar refractivity (Wildman–Crippen MR) is 124 cm³/mol. The summed E-state index contributed by atoms with van der Waals surface area (Å²) in [5, 5.41) is 11.0. The van der Waals surface area contributed by atoms with Crippen molar-refractivity contribution in [2.75, 3.05) is 5.73 Å². The Morgan fingerprint density at radius 3 is 2.97 bits per heavy atom. The summed E-state index contributed by atoms with van der Waals surface area (Å²) in [5.41, 5.74) is 9.67. The third-order valence-corrected chi connectivity index (χ3v) is 7.69. The minimum absolute atomic E-state index is 0.490. The summed E-state index contributed by atoms with van der Waals surface area (Å²) in [6.07, 6.45) is 7.83. The Morgan fingerprint density at radius 2 is 2.00 bits per heavy atom. The summed E-state index contributed by atoms with van der Waals surface area (Å²) >= 11 is 3.20. The number of nitrogens with one attached hydrogen (secondary N) is 1. The van der Waals surface area contributed by atoms with Crippen LogP contribution >= 0.6 is 23.1 Å². The van der Waals surface area contributed by atoms with Gasteiger partial charge in [0, 0.05) is 22.0 Å². The molecule has 0 spiro atoms. The van der Waals surface area contributed by atoms with Crippen LogP contribution in [0.4, 0.5) is 5.82 Å². The average Bonchev–Trinajstić information content (AvgIpc) is 3.46. The maximum absolute atomic E-state index is 6.36. The molecular weight excluding hydrogens is 428 g/mol. The van der Waals surface area contributed by atoms with Crippen molar-refractivity contribution in [2.45, 2.75) is 43.1 Å². The largest absolute Gasteiger partial charge is 0.411 e. The number of fused-ring (bicyclic) bond motifs is 4. The molecule has 0 unspecified atom stereocenters. The first-order valence-corrected chi connectivity index (χ1v) is 12.2. The highest BCUT2D eigenvalue weighted by atomic mass is 32.2. The molecule has 0 amide bonds. The van der Waals surface area contributed by atoms with Crippen LogP contribution in [0.1, 0.15) is 35.5 Å². The van der Waals surface area contributed by atoms with Crippen molar-refractivity contribution in [3.63, 3.8) is 0 Å². The van der Waals surface area contributed by atoms with Gasteiger partial charge in [0.05, 0.1) is 16.7 Å². The molecule has 0 saturated carbocycles. The van der Waals surface area contributed by atoms with Crippen LogP contribution in [0.25, 0.3) is 32.6 Å². The second kappa shape index (κ2) is 7.65. The van der Waals surface area contributed by atoms with Crippen molar-refractivity contribution in [2.24, 2.45) is 0 Å². The maximum Gasteiger partial charge on any atom is 0.277 e. The number of nitrogens with zero attached hydrogens (tertiary/aromatic N) is 4. The summed E-state index contributed by atoms with van der Waals surface area (Å²) in [5.74, 6) is 2.30. The first-order valence-electron chi connectivity index (χ1n) is 10.4. The zero-order chi connectivity index (χ0) is 20.8. The van der Waals surface area contributed by atoms with Crippen LogP contribution < -0.4 is 5.73 Å². The summed E-state index contributed by atoms with van der Waals surface area (Å²) in [7, 11) is 0. The molecule has 0 saturated heterocycles. The molecule has 4 aromatic heterocycles. The van der Waals surface area contributed by atoms with E-state index >= 15 is 0 Å². The molecule has 0 bridgehead atoms. The highest BCUT2D eigenvalue weighted by molar-refractivity contribution is 7.98. The zero-order valence-electron chi connectivity index (χ0n) is 16.7. The molecular formula is C22H20N6OS2. The molecule has 0 aliphatic heterocycles. The Hall–Kier alpha value is -2.91. The second-order valence-corrected chi connectivity index (χ2v) is 9.69. The molecule has 156 valence electrons. The predicted octanol–water partition coefficient (Wildman–Crippen LogP) is 5.37. The molecule has 31 heavy (non-hydrogen) atoms. The number of aromatic amines is 1. The Kier molecular flexibility index (Phi) is 4.65. The monoisotopic (exact) mass is 448 g/mol. The van der Waals surface area contributed by atoms with Gasteiger partial charge in [-0.3, -0.25) is 0 Å². The van der Waals surface area contributed by atoms with Crippen molar-refractivity contribution in [1.82, 2.24) is 25.1 Å². The van der Waals surface area contributed by atoms with E-state index in [1.54, 1.807) is 11.3 Å². The average molecular weight is 449 g/mol. The number of nitrogens with two attached hydrogens (primary N) is 1. The SMILES string of the molecule is Nc1nc(CSc2nnc(-c3c[nH]c4ccccc34)o2)nc2sc3c(c12)CCCCC3. The summed E-state index contributed by atoms with van der Waals surface area (Å²) < 4.78 is 5.89. The zero-order valence-corrected chi connectivity index (χ0v) is 18.4. The van der Waals surface area contributed by atoms with Crippen LogP contribution in [-0.2, 0) is 18.6 Å². The van der Waals surface area contributed by atoms with Gasteiger partial charge < -0.3 is 15.1 Å². The second-order valence-electron chi connectivity index (χ2n) is 7.68. The minimum Gasteiger partial charge on any atom is -0.411 e. The van der Waals surface area contributed by atoms with Crippen molar-refractivity contribution in [3.05, 3.63) is 46.7 Å². The van der Waals surface area contributed by atoms with E-state index < -0.39 is 0 Å². The fraction of sp³-hybridized carbons (Fsp3) is 0.273. The van der Waals surface area contributed by atoms with Gasteiger partial charge in [-0.1, -0.05) is 36.4 Å². The quantitative estimate of drug-likeness (QED) is 0.281. The molecule has 3 N–H and O–H groups in total. The molecule has 0 atom stereocenters. The van der Waals surface area contributed by atoms with E-state index in [1.165, 1.54) is 41.5 Å². The number of thioether (sulfide) groups is 1. The fourth-order valence-corrected chi connectivity index (χ4v) is 6.13. The number of H-pyrrole nitrogens is 1. The van der Waals surface area contributed by atoms with Gasteiger partial charge >= 0.3 is 0 Å². The number of aromatic nitrogens is 5. The molecule has 1 aliphatic rings. The fourth-order valence-electron chi connectivity index (χ4n) is 4.22. The number of hydrogen-bond acceptors (Lipinski definition) is 8. The number of anilines is 1. The van der Waals surface area contributed by atoms with Crippen LogP contribution in [0.5, 0.6) is 0 Å². The standard InChI is InChI=1S/C22H20N6OS2/c23-19-18-13-7-2-1-3-9-16(13)31-21(18)26-17(25-19)11-30-22-28-27-20(29-22)14-10-24-15-8-5-4-6-12(14)15/h4-6,8,10,24H,1-3,7,9,11H2,(H2,23,25,26). The number of benzene rings is 1. The van der Waals surface area contributed by atoms with E-state index in [4.69, 9.17) is 15.1 Å². The van der Waals surface area contributed by atoms with E-state index in [9.17, 15) is 0 Å². The number of thiophene rings is 1. The number of aryl methyl sites for hydroxylation is 2. The van der Waals surface area contributed by atoms with Crippen LogP contribution in [0.3, 0.4) is 0 Å². The van der Waals surface area contributed by atoms with Crippen LogP contribution in [-0.4, -0.2) is 25.1 Å². The Balaban J connectivity index is 1.24. The molecule has 0 radical (unpaired) electrons. The van der Waals surface area contributed by atoms with Gasteiger partial charge in [0.15, 0.2) is 0 Å². The van der Waals surface area contributed by atoms with Crippen LogP contribution in [0.2, 0.25) is 0 Å². The van der Waals surface area contributed by atoms with E-state index in [2.05, 4.69) is 20.2 Å². The molecule has 4 heterocycles. The molecule has 5 aromatic rings. The Labute approximate surface area is 186 Å². The van der Waals surface area contributed by atoms with Gasteiger partial charge in [-0.25, -0.2) is 9.97 Å². The van der Waals surface area contributed by atoms with Crippen molar-refractivity contribution < 1.29 is 4.42 Å². The lowest BCUT2D eigenvalue weighted by molar-refractivity contribution is 0.466. The van der Waals surface area contributed by atoms with Crippen LogP contribution in [0.15, 0.2) is 40.1 Å². The first-order chi connectivity index (χ1) is 15.3. The summed E-state index contributed by atoms with van der Waals surface area (Å²) in [4.78, 5) is 15.0. The Bertz CT molecular complexity index is 1400. The van der Waals surface area contributed by atoms with Gasteiger partial charge in [-0.15, -0.1) is 21.5 Å². The number of nitrogen functional groups attached to an aromatic ring is 1. The first kappa shape index (κ1) is 18.8. The summed E-state index contributed by atoms with van der Waals surface area (Å²) in [6, 6.07) is 8.04.